The Balaban J connectivity index is 2.17. The zero-order valence-corrected chi connectivity index (χ0v) is 12.3. The predicted octanol–water partition coefficient (Wildman–Crippen LogP) is 4.82. The lowest BCUT2D eigenvalue weighted by molar-refractivity contribution is 0.108. The van der Waals surface area contributed by atoms with Crippen LogP contribution in [0.15, 0.2) is 29.6 Å². The molecular formula is C15H14ClNOS. The minimum Gasteiger partial charge on any atom is -0.276 e. The number of thiazole rings is 1. The first-order valence-electron chi connectivity index (χ1n) is 5.99. The predicted molar refractivity (Wildman–Crippen MR) is 81.8 cm³/mol. The Labute approximate surface area is 121 Å². The third-order valence-corrected chi connectivity index (χ3v) is 3.71. The van der Waals surface area contributed by atoms with Gasteiger partial charge < -0.3 is 0 Å². The van der Waals surface area contributed by atoms with E-state index in [1.807, 2.05) is 24.3 Å². The molecule has 4 heteroatoms. The Hall–Kier alpha value is -1.45. The number of halogens is 1. The third-order valence-electron chi connectivity index (χ3n) is 2.66. The smallest absolute Gasteiger partial charge is 0.252 e. The zero-order valence-electron chi connectivity index (χ0n) is 10.8. The fourth-order valence-electron chi connectivity index (χ4n) is 1.57. The van der Waals surface area contributed by atoms with Crippen LogP contribution in [0, 0.1) is 0 Å². The van der Waals surface area contributed by atoms with Gasteiger partial charge in [-0.25, -0.2) is 4.98 Å². The molecule has 0 atom stereocenters. The average Bonchev–Trinajstić information content (AvgIpc) is 2.85. The molecule has 0 unspecified atom stereocenters. The van der Waals surface area contributed by atoms with Crippen LogP contribution in [0.3, 0.4) is 0 Å². The summed E-state index contributed by atoms with van der Waals surface area (Å²) in [5, 5.41) is 2.60. The van der Waals surface area contributed by atoms with Crippen molar-refractivity contribution >= 4 is 40.3 Å². The van der Waals surface area contributed by atoms with Crippen LogP contribution >= 0.6 is 22.9 Å². The molecule has 0 bridgehead atoms. The molecule has 0 aliphatic heterocycles. The number of hydrogen-bond donors (Lipinski definition) is 0. The normalized spacial score (nSPS) is 11.4. The first-order valence-corrected chi connectivity index (χ1v) is 7.25. The summed E-state index contributed by atoms with van der Waals surface area (Å²) in [4.78, 5) is 15.6. The first-order chi connectivity index (χ1) is 9.06. The van der Waals surface area contributed by atoms with E-state index in [1.165, 1.54) is 0 Å². The van der Waals surface area contributed by atoms with Gasteiger partial charge in [-0.3, -0.25) is 4.79 Å². The quantitative estimate of drug-likeness (QED) is 0.756. The van der Waals surface area contributed by atoms with Crippen molar-refractivity contribution in [2.75, 3.05) is 0 Å². The topological polar surface area (TPSA) is 30.0 Å². The number of rotatable bonds is 4. The Kier molecular flexibility index (Phi) is 4.51. The Morgan fingerprint density at radius 1 is 1.37 bits per heavy atom. The minimum atomic E-state index is -0.438. The molecule has 0 radical (unpaired) electrons. The van der Waals surface area contributed by atoms with Crippen molar-refractivity contribution in [3.8, 4) is 0 Å². The second kappa shape index (κ2) is 6.13. The van der Waals surface area contributed by atoms with Gasteiger partial charge in [-0.05, 0) is 35.2 Å². The zero-order chi connectivity index (χ0) is 13.8. The largest absolute Gasteiger partial charge is 0.276 e. The van der Waals surface area contributed by atoms with Gasteiger partial charge in [-0.2, -0.15) is 0 Å². The summed E-state index contributed by atoms with van der Waals surface area (Å²) in [5.74, 6) is 0.440. The second-order valence-corrected chi connectivity index (χ2v) is 5.73. The standard InChI is InChI=1S/C15H14ClNOS/c1-10(2)13-9-19-14(17-13)7-6-11-4-3-5-12(8-11)15(16)18/h3-10H,1-2H3. The van der Waals surface area contributed by atoms with Gasteiger partial charge >= 0.3 is 0 Å². The molecule has 0 saturated carbocycles. The number of hydrogen-bond acceptors (Lipinski definition) is 3. The van der Waals surface area contributed by atoms with Crippen LogP contribution in [0.5, 0.6) is 0 Å². The second-order valence-electron chi connectivity index (χ2n) is 4.50. The maximum atomic E-state index is 11.1. The fraction of sp³-hybridized carbons (Fsp3) is 0.200. The summed E-state index contributed by atoms with van der Waals surface area (Å²) in [6.45, 7) is 4.25. The molecule has 2 aromatic rings. The monoisotopic (exact) mass is 291 g/mol. The van der Waals surface area contributed by atoms with Crippen LogP contribution in [0.2, 0.25) is 0 Å². The Morgan fingerprint density at radius 2 is 2.16 bits per heavy atom. The van der Waals surface area contributed by atoms with Gasteiger partial charge in [0.2, 0.25) is 0 Å². The maximum absolute atomic E-state index is 11.1. The summed E-state index contributed by atoms with van der Waals surface area (Å²) in [6.07, 6.45) is 3.89. The summed E-state index contributed by atoms with van der Waals surface area (Å²) in [5.41, 5.74) is 2.55. The lowest BCUT2D eigenvalue weighted by Gasteiger charge is -1.97. The van der Waals surface area contributed by atoms with E-state index in [4.69, 9.17) is 11.6 Å². The maximum Gasteiger partial charge on any atom is 0.252 e. The molecule has 0 saturated heterocycles. The van der Waals surface area contributed by atoms with Gasteiger partial charge in [0.25, 0.3) is 5.24 Å². The van der Waals surface area contributed by atoms with Crippen molar-refractivity contribution in [2.24, 2.45) is 0 Å². The number of carbonyl (C=O) groups is 1. The SMILES string of the molecule is CC(C)c1csc(C=Cc2cccc(C(=O)Cl)c2)n1. The molecule has 0 spiro atoms. The highest BCUT2D eigenvalue weighted by Crippen LogP contribution is 2.19. The lowest BCUT2D eigenvalue weighted by Crippen LogP contribution is -1.88. The van der Waals surface area contributed by atoms with E-state index in [9.17, 15) is 4.79 Å². The van der Waals surface area contributed by atoms with Crippen molar-refractivity contribution in [1.82, 2.24) is 4.98 Å². The average molecular weight is 292 g/mol. The molecule has 98 valence electrons. The number of carbonyl (C=O) groups excluding carboxylic acids is 1. The highest BCUT2D eigenvalue weighted by molar-refractivity contribution is 7.10. The molecule has 0 amide bonds. The van der Waals surface area contributed by atoms with Crippen LogP contribution in [0.1, 0.15) is 46.4 Å². The summed E-state index contributed by atoms with van der Waals surface area (Å²) in [7, 11) is 0. The van der Waals surface area contributed by atoms with Crippen LogP contribution in [-0.4, -0.2) is 10.2 Å². The van der Waals surface area contributed by atoms with Crippen molar-refractivity contribution in [3.63, 3.8) is 0 Å². The first kappa shape index (κ1) is 14.0. The van der Waals surface area contributed by atoms with Crippen LogP contribution in [0.25, 0.3) is 12.2 Å². The van der Waals surface area contributed by atoms with Gasteiger partial charge in [-0.1, -0.05) is 38.1 Å². The van der Waals surface area contributed by atoms with Crippen LogP contribution < -0.4 is 0 Å². The van der Waals surface area contributed by atoms with Gasteiger partial charge in [0, 0.05) is 10.9 Å². The van der Waals surface area contributed by atoms with Gasteiger partial charge in [0.05, 0.1) is 5.69 Å². The van der Waals surface area contributed by atoms with Gasteiger partial charge in [0.15, 0.2) is 0 Å². The number of benzene rings is 1. The van der Waals surface area contributed by atoms with Gasteiger partial charge in [0.1, 0.15) is 5.01 Å². The fourth-order valence-corrected chi connectivity index (χ4v) is 2.56. The summed E-state index contributed by atoms with van der Waals surface area (Å²) in [6, 6.07) is 7.21. The third kappa shape index (κ3) is 3.75. The highest BCUT2D eigenvalue weighted by Gasteiger charge is 2.04. The molecule has 1 aromatic heterocycles. The van der Waals surface area contributed by atoms with E-state index in [0.717, 1.165) is 16.3 Å². The molecule has 2 rings (SSSR count). The molecule has 1 aromatic carbocycles. The lowest BCUT2D eigenvalue weighted by atomic mass is 10.1. The molecule has 2 nitrogen and oxygen atoms in total. The molecule has 1 heterocycles. The Bertz CT molecular complexity index is 616. The van der Waals surface area contributed by atoms with Crippen molar-refractivity contribution < 1.29 is 4.79 Å². The molecule has 0 N–H and O–H groups in total. The number of aromatic nitrogens is 1. The van der Waals surface area contributed by atoms with Crippen molar-refractivity contribution in [1.29, 1.82) is 0 Å². The van der Waals surface area contributed by atoms with E-state index in [-0.39, 0.29) is 0 Å². The summed E-state index contributed by atoms with van der Waals surface area (Å²) < 4.78 is 0. The van der Waals surface area contributed by atoms with E-state index in [0.29, 0.717) is 11.5 Å². The molecule has 0 aliphatic carbocycles. The molecule has 0 aliphatic rings. The van der Waals surface area contributed by atoms with E-state index in [1.54, 1.807) is 23.5 Å². The minimum absolute atomic E-state index is 0.438. The van der Waals surface area contributed by atoms with E-state index < -0.39 is 5.24 Å². The van der Waals surface area contributed by atoms with E-state index in [2.05, 4.69) is 24.2 Å². The molecular weight excluding hydrogens is 278 g/mol. The van der Waals surface area contributed by atoms with Crippen molar-refractivity contribution in [3.05, 3.63) is 51.5 Å². The van der Waals surface area contributed by atoms with Crippen molar-refractivity contribution in [2.45, 2.75) is 19.8 Å². The van der Waals surface area contributed by atoms with Crippen LogP contribution in [-0.2, 0) is 0 Å². The van der Waals surface area contributed by atoms with E-state index >= 15 is 0 Å². The molecule has 0 fully saturated rings. The molecule has 19 heavy (non-hydrogen) atoms. The summed E-state index contributed by atoms with van der Waals surface area (Å²) >= 11 is 7.07. The van der Waals surface area contributed by atoms with Crippen LogP contribution in [0.4, 0.5) is 0 Å². The number of nitrogens with zero attached hydrogens (tertiary/aromatic N) is 1. The highest BCUT2D eigenvalue weighted by atomic mass is 35.5. The van der Waals surface area contributed by atoms with Gasteiger partial charge in [-0.15, -0.1) is 11.3 Å². The Morgan fingerprint density at radius 3 is 2.79 bits per heavy atom.